The van der Waals surface area contributed by atoms with Crippen LogP contribution in [0, 0.1) is 0 Å². The summed E-state index contributed by atoms with van der Waals surface area (Å²) in [6, 6.07) is 4.16. The van der Waals surface area contributed by atoms with Gasteiger partial charge in [0.15, 0.2) is 11.5 Å². The Bertz CT molecular complexity index is 405. The van der Waals surface area contributed by atoms with Gasteiger partial charge in [0, 0.05) is 16.9 Å². The van der Waals surface area contributed by atoms with Crippen LogP contribution < -0.4 is 9.47 Å². The molecule has 1 aromatic carbocycles. The summed E-state index contributed by atoms with van der Waals surface area (Å²) in [7, 11) is 22.1. The van der Waals surface area contributed by atoms with Gasteiger partial charge in [0.25, 0.3) is 0 Å². The molecule has 0 amide bonds. The van der Waals surface area contributed by atoms with Gasteiger partial charge >= 0.3 is 0 Å². The quantitative estimate of drug-likeness (QED) is 0.543. The van der Waals surface area contributed by atoms with Gasteiger partial charge in [-0.2, -0.15) is 0 Å². The maximum Gasteiger partial charge on any atom is 0.163 e. The molecule has 0 aromatic heterocycles. The Morgan fingerprint density at radius 2 is 1.47 bits per heavy atom. The minimum atomic E-state index is -1.87. The first-order valence-electron chi connectivity index (χ1n) is 4.18. The van der Waals surface area contributed by atoms with Crippen LogP contribution in [0.3, 0.4) is 0 Å². The predicted octanol–water partition coefficient (Wildman–Crippen LogP) is -0.855. The molecule has 0 bridgehead atoms. The summed E-state index contributed by atoms with van der Waals surface area (Å²) >= 11 is 0. The van der Waals surface area contributed by atoms with Crippen molar-refractivity contribution >= 4 is 31.4 Å². The van der Waals surface area contributed by atoms with Crippen LogP contribution in [0.25, 0.3) is 0 Å². The zero-order valence-corrected chi connectivity index (χ0v) is 7.81. The minimum absolute atomic E-state index is 0.00491. The van der Waals surface area contributed by atoms with E-state index < -0.39 is 10.8 Å². The maximum absolute atomic E-state index is 9.21. The molecule has 0 saturated carbocycles. The fourth-order valence-electron chi connectivity index (χ4n) is 1.18. The summed E-state index contributed by atoms with van der Waals surface area (Å²) in [5.74, 6) is 0.450. The highest BCUT2D eigenvalue weighted by Crippen LogP contribution is 2.40. The van der Waals surface area contributed by atoms with Crippen LogP contribution in [-0.2, 0) is 0 Å². The number of phenolic OH excluding ortho intramolecular Hbond substituents is 1. The number of phenols is 1. The smallest absolute Gasteiger partial charge is 0.163 e. The summed E-state index contributed by atoms with van der Waals surface area (Å²) < 4.78 is 10.3. The van der Waals surface area contributed by atoms with Gasteiger partial charge in [0.2, 0.25) is 0 Å². The Balaban J connectivity index is 2.47. The molecule has 15 heavy (non-hydrogen) atoms. The molecule has 1 aliphatic rings. The van der Waals surface area contributed by atoms with Crippen LogP contribution in [0.4, 0.5) is 0 Å². The maximum atomic E-state index is 9.21. The van der Waals surface area contributed by atoms with Crippen molar-refractivity contribution in [3.05, 3.63) is 18.2 Å². The first-order valence-corrected chi connectivity index (χ1v) is 4.18. The lowest BCUT2D eigenvalue weighted by Gasteiger charge is -2.48. The largest absolute Gasteiger partial charge is 0.508 e. The van der Waals surface area contributed by atoms with Crippen molar-refractivity contribution in [2.45, 2.75) is 10.8 Å². The van der Waals surface area contributed by atoms with Crippen LogP contribution >= 0.6 is 0 Å². The molecule has 3 nitrogen and oxygen atoms in total. The van der Waals surface area contributed by atoms with Crippen LogP contribution in [0.1, 0.15) is 0 Å². The van der Waals surface area contributed by atoms with E-state index in [1.54, 1.807) is 0 Å². The molecule has 1 aromatic rings. The lowest BCUT2D eigenvalue weighted by molar-refractivity contribution is 0.0614. The van der Waals surface area contributed by atoms with Gasteiger partial charge in [-0.3, -0.25) is 0 Å². The Hall–Kier alpha value is -1.12. The number of ether oxygens (including phenoxy) is 2. The number of rotatable bonds is 0. The van der Waals surface area contributed by atoms with Crippen LogP contribution in [0.15, 0.2) is 18.2 Å². The van der Waals surface area contributed by atoms with E-state index in [4.69, 9.17) is 40.9 Å². The Labute approximate surface area is 92.8 Å². The molecule has 0 unspecified atom stereocenters. The van der Waals surface area contributed by atoms with Crippen molar-refractivity contribution in [1.29, 1.82) is 0 Å². The van der Waals surface area contributed by atoms with Crippen molar-refractivity contribution in [2.75, 3.05) is 0 Å². The molecule has 1 aliphatic heterocycles. The van der Waals surface area contributed by atoms with Crippen molar-refractivity contribution in [1.82, 2.24) is 0 Å². The van der Waals surface area contributed by atoms with Crippen molar-refractivity contribution in [2.24, 2.45) is 0 Å². The average molecular weight is 191 g/mol. The number of hydrogen-bond donors (Lipinski definition) is 1. The SMILES string of the molecule is [B]C1([B])Oc2ccc(O)cc2OC1([B])[B]. The normalized spacial score (nSPS) is 20.8. The highest BCUT2D eigenvalue weighted by Gasteiger charge is 2.42. The van der Waals surface area contributed by atoms with Gasteiger partial charge in [-0.05, 0) is 12.1 Å². The Kier molecular flexibility index (Phi) is 2.04. The number of aromatic hydroxyl groups is 1. The Morgan fingerprint density at radius 1 is 0.933 bits per heavy atom. The lowest BCUT2D eigenvalue weighted by atomic mass is 9.41. The van der Waals surface area contributed by atoms with Gasteiger partial charge in [-0.1, -0.05) is 0 Å². The van der Waals surface area contributed by atoms with Gasteiger partial charge in [0.05, 0.1) is 0 Å². The topological polar surface area (TPSA) is 38.7 Å². The fraction of sp³-hybridized carbons (Fsp3) is 0.250. The molecule has 7 heteroatoms. The number of fused-ring (bicyclic) bond motifs is 1. The van der Waals surface area contributed by atoms with E-state index in [0.717, 1.165) is 0 Å². The zero-order valence-electron chi connectivity index (χ0n) is 7.81. The minimum Gasteiger partial charge on any atom is -0.508 e. The third kappa shape index (κ3) is 1.60. The van der Waals surface area contributed by atoms with E-state index in [2.05, 4.69) is 0 Å². The van der Waals surface area contributed by atoms with E-state index in [1.165, 1.54) is 18.2 Å². The van der Waals surface area contributed by atoms with Gasteiger partial charge < -0.3 is 14.6 Å². The molecule has 0 fully saturated rings. The Morgan fingerprint density at radius 3 is 2.07 bits per heavy atom. The molecule has 2 rings (SSSR count). The third-order valence-electron chi connectivity index (χ3n) is 2.10. The molecule has 1 N–H and O–H groups in total. The summed E-state index contributed by atoms with van der Waals surface area (Å²) in [6.45, 7) is 0. The molecule has 66 valence electrons. The molecule has 1 heterocycles. The van der Waals surface area contributed by atoms with Crippen LogP contribution in [0.5, 0.6) is 17.2 Å². The van der Waals surface area contributed by atoms with Gasteiger partial charge in [-0.25, -0.2) is 0 Å². The van der Waals surface area contributed by atoms with E-state index in [0.29, 0.717) is 0 Å². The van der Waals surface area contributed by atoms with E-state index in [1.807, 2.05) is 0 Å². The second kappa shape index (κ2) is 2.94. The van der Waals surface area contributed by atoms with Crippen LogP contribution in [-0.4, -0.2) is 47.3 Å². The van der Waals surface area contributed by atoms with Gasteiger partial charge in [0.1, 0.15) is 37.1 Å². The standard InChI is InChI=1S/C8H4B4O3/c9-7(10)8(11,12)15-6-3-4(13)1-2-5(6)14-7/h1-3,13H. The average Bonchev–Trinajstić information content (AvgIpc) is 2.07. The monoisotopic (exact) mass is 192 g/mol. The number of benzene rings is 1. The van der Waals surface area contributed by atoms with E-state index >= 15 is 0 Å². The van der Waals surface area contributed by atoms with Crippen molar-refractivity contribution < 1.29 is 14.6 Å². The summed E-state index contributed by atoms with van der Waals surface area (Å²) in [4.78, 5) is 0. The second-order valence-corrected chi connectivity index (χ2v) is 3.42. The predicted molar refractivity (Wildman–Crippen MR) is 57.8 cm³/mol. The molecule has 0 atom stereocenters. The lowest BCUT2D eigenvalue weighted by Crippen LogP contribution is -2.65. The molecule has 0 aliphatic carbocycles. The first kappa shape index (κ1) is 10.4. The van der Waals surface area contributed by atoms with Crippen molar-refractivity contribution in [3.8, 4) is 17.2 Å². The first-order chi connectivity index (χ1) is 6.82. The zero-order chi connectivity index (χ0) is 11.3. The van der Waals surface area contributed by atoms with Crippen LogP contribution in [0.2, 0.25) is 0 Å². The molecule has 0 saturated heterocycles. The second-order valence-electron chi connectivity index (χ2n) is 3.42. The van der Waals surface area contributed by atoms with Crippen molar-refractivity contribution in [3.63, 3.8) is 0 Å². The third-order valence-corrected chi connectivity index (χ3v) is 2.10. The molecule has 8 radical (unpaired) electrons. The fourth-order valence-corrected chi connectivity index (χ4v) is 1.18. The van der Waals surface area contributed by atoms with E-state index in [9.17, 15) is 5.11 Å². The van der Waals surface area contributed by atoms with E-state index in [-0.39, 0.29) is 17.2 Å². The molecule has 0 spiro atoms. The highest BCUT2D eigenvalue weighted by atomic mass is 16.6. The van der Waals surface area contributed by atoms with Gasteiger partial charge in [-0.15, -0.1) is 0 Å². The summed E-state index contributed by atoms with van der Waals surface area (Å²) in [6.07, 6.45) is 0. The highest BCUT2D eigenvalue weighted by molar-refractivity contribution is 6.53. The molecular formula is C8H4B4O3. The molecular weight excluding hydrogens is 187 g/mol. The summed E-state index contributed by atoms with van der Waals surface area (Å²) in [5.41, 5.74) is 0. The summed E-state index contributed by atoms with van der Waals surface area (Å²) in [5, 5.41) is 5.51. The number of hydrogen-bond acceptors (Lipinski definition) is 3.